The van der Waals surface area contributed by atoms with Crippen molar-refractivity contribution in [1.29, 1.82) is 0 Å². The predicted octanol–water partition coefficient (Wildman–Crippen LogP) is 7.18. The van der Waals surface area contributed by atoms with E-state index in [1.54, 1.807) is 0 Å². The minimum atomic E-state index is 0.720. The van der Waals surface area contributed by atoms with Crippen molar-refractivity contribution in [2.75, 3.05) is 0 Å². The van der Waals surface area contributed by atoms with Crippen molar-refractivity contribution in [3.8, 4) is 22.4 Å². The van der Waals surface area contributed by atoms with E-state index in [1.165, 1.54) is 5.56 Å². The third-order valence-corrected chi connectivity index (χ3v) is 4.76. The Kier molecular flexibility index (Phi) is 4.20. The van der Waals surface area contributed by atoms with Gasteiger partial charge < -0.3 is 0 Å². The highest BCUT2D eigenvalue weighted by molar-refractivity contribution is 6.31. The van der Waals surface area contributed by atoms with Crippen LogP contribution in [0.4, 0.5) is 0 Å². The summed E-state index contributed by atoms with van der Waals surface area (Å²) in [5.41, 5.74) is 6.43. The zero-order chi connectivity index (χ0) is 17.4. The molecule has 4 aromatic rings. The van der Waals surface area contributed by atoms with Gasteiger partial charge in [0.05, 0.1) is 11.2 Å². The highest BCUT2D eigenvalue weighted by atomic mass is 35.5. The zero-order valence-electron chi connectivity index (χ0n) is 13.6. The van der Waals surface area contributed by atoms with Crippen molar-refractivity contribution < 1.29 is 0 Å². The second kappa shape index (κ2) is 6.51. The van der Waals surface area contributed by atoms with Crippen LogP contribution in [0.5, 0.6) is 0 Å². The number of fused-ring (bicyclic) bond motifs is 1. The molecule has 25 heavy (non-hydrogen) atoms. The normalized spacial score (nSPS) is 11.0. The van der Waals surface area contributed by atoms with Gasteiger partial charge in [-0.1, -0.05) is 59.1 Å². The molecule has 0 aliphatic carbocycles. The summed E-state index contributed by atoms with van der Waals surface area (Å²) in [7, 11) is 0. The SMILES string of the molecule is Cc1ccc2nc(-c3ccc(Cl)cc3)cc(-c3ccc(Cl)cc3)c2c1. The molecule has 0 N–H and O–H groups in total. The molecule has 0 spiro atoms. The van der Waals surface area contributed by atoms with Crippen LogP contribution >= 0.6 is 23.2 Å². The van der Waals surface area contributed by atoms with Gasteiger partial charge in [-0.2, -0.15) is 0 Å². The number of halogens is 2. The molecule has 0 bridgehead atoms. The number of aromatic nitrogens is 1. The van der Waals surface area contributed by atoms with E-state index in [4.69, 9.17) is 28.2 Å². The van der Waals surface area contributed by atoms with Crippen molar-refractivity contribution >= 4 is 34.1 Å². The fourth-order valence-electron chi connectivity index (χ4n) is 2.98. The number of aryl methyl sites for hydroxylation is 1. The number of benzene rings is 3. The lowest BCUT2D eigenvalue weighted by atomic mass is 9.97. The first-order valence-corrected chi connectivity index (χ1v) is 8.79. The first kappa shape index (κ1) is 16.1. The highest BCUT2D eigenvalue weighted by Crippen LogP contribution is 2.33. The Hall–Kier alpha value is -2.35. The largest absolute Gasteiger partial charge is 0.248 e. The van der Waals surface area contributed by atoms with E-state index in [0.717, 1.165) is 43.3 Å². The van der Waals surface area contributed by atoms with E-state index in [2.05, 4.69) is 31.2 Å². The predicted molar refractivity (Wildman–Crippen MR) is 107 cm³/mol. The van der Waals surface area contributed by atoms with Crippen molar-refractivity contribution in [3.63, 3.8) is 0 Å². The molecular weight excluding hydrogens is 349 g/mol. The third kappa shape index (κ3) is 3.26. The van der Waals surface area contributed by atoms with Gasteiger partial charge in [-0.3, -0.25) is 0 Å². The fraction of sp³-hybridized carbons (Fsp3) is 0.0455. The average Bonchev–Trinajstić information content (AvgIpc) is 2.62. The van der Waals surface area contributed by atoms with Crippen molar-refractivity contribution in [3.05, 3.63) is 88.4 Å². The van der Waals surface area contributed by atoms with E-state index in [-0.39, 0.29) is 0 Å². The molecule has 3 heteroatoms. The first-order valence-electron chi connectivity index (χ1n) is 8.03. The van der Waals surface area contributed by atoms with Gasteiger partial charge >= 0.3 is 0 Å². The van der Waals surface area contributed by atoms with Crippen molar-refractivity contribution in [2.45, 2.75) is 6.92 Å². The quantitative estimate of drug-likeness (QED) is 0.367. The maximum atomic E-state index is 6.06. The molecule has 0 atom stereocenters. The molecule has 0 aliphatic rings. The van der Waals surface area contributed by atoms with Gasteiger partial charge in [-0.05, 0) is 60.5 Å². The van der Waals surface area contributed by atoms with Crippen molar-refractivity contribution in [2.24, 2.45) is 0 Å². The molecule has 0 amide bonds. The molecule has 122 valence electrons. The summed E-state index contributed by atoms with van der Waals surface area (Å²) >= 11 is 12.1. The van der Waals surface area contributed by atoms with Gasteiger partial charge in [0.25, 0.3) is 0 Å². The molecule has 0 fully saturated rings. The third-order valence-electron chi connectivity index (χ3n) is 4.26. The summed E-state index contributed by atoms with van der Waals surface area (Å²) in [5.74, 6) is 0. The lowest BCUT2D eigenvalue weighted by molar-refractivity contribution is 1.38. The van der Waals surface area contributed by atoms with Gasteiger partial charge in [0.15, 0.2) is 0 Å². The van der Waals surface area contributed by atoms with Crippen LogP contribution in [0.15, 0.2) is 72.8 Å². The Bertz CT molecular complexity index is 1050. The number of pyridine rings is 1. The lowest BCUT2D eigenvalue weighted by Gasteiger charge is -2.11. The lowest BCUT2D eigenvalue weighted by Crippen LogP contribution is -1.90. The maximum absolute atomic E-state index is 6.06. The van der Waals surface area contributed by atoms with Crippen LogP contribution in [0, 0.1) is 6.92 Å². The maximum Gasteiger partial charge on any atom is 0.0715 e. The summed E-state index contributed by atoms with van der Waals surface area (Å²) < 4.78 is 0. The Morgan fingerprint density at radius 3 is 1.92 bits per heavy atom. The average molecular weight is 364 g/mol. The molecule has 0 saturated carbocycles. The van der Waals surface area contributed by atoms with E-state index in [9.17, 15) is 0 Å². The summed E-state index contributed by atoms with van der Waals surface area (Å²) in [5, 5.41) is 2.59. The van der Waals surface area contributed by atoms with Crippen LogP contribution in [0.25, 0.3) is 33.3 Å². The minimum absolute atomic E-state index is 0.720. The molecule has 4 rings (SSSR count). The van der Waals surface area contributed by atoms with E-state index < -0.39 is 0 Å². The van der Waals surface area contributed by atoms with Crippen molar-refractivity contribution in [1.82, 2.24) is 4.98 Å². The molecule has 1 heterocycles. The molecule has 0 saturated heterocycles. The van der Waals surface area contributed by atoms with E-state index in [0.29, 0.717) is 0 Å². The van der Waals surface area contributed by atoms with Gasteiger partial charge in [-0.15, -0.1) is 0 Å². The second-order valence-electron chi connectivity index (χ2n) is 6.09. The molecule has 1 nitrogen and oxygen atoms in total. The fourth-order valence-corrected chi connectivity index (χ4v) is 3.23. The number of rotatable bonds is 2. The summed E-state index contributed by atoms with van der Waals surface area (Å²) in [6.45, 7) is 2.10. The first-order chi connectivity index (χ1) is 12.1. The standard InChI is InChI=1S/C22H15Cl2N/c1-14-2-11-21-20(12-14)19(15-3-7-17(23)8-4-15)13-22(25-21)16-5-9-18(24)10-6-16/h2-13H,1H3. The van der Waals surface area contributed by atoms with Crippen LogP contribution < -0.4 is 0 Å². The molecule has 3 aromatic carbocycles. The summed E-state index contributed by atoms with van der Waals surface area (Å²) in [4.78, 5) is 4.85. The Morgan fingerprint density at radius 2 is 1.28 bits per heavy atom. The zero-order valence-corrected chi connectivity index (χ0v) is 15.1. The molecule has 0 unspecified atom stereocenters. The number of hydrogen-bond donors (Lipinski definition) is 0. The molecular formula is C22H15Cl2N. The van der Waals surface area contributed by atoms with Crippen LogP contribution in [0.1, 0.15) is 5.56 Å². The topological polar surface area (TPSA) is 12.9 Å². The molecule has 0 aliphatic heterocycles. The smallest absolute Gasteiger partial charge is 0.0715 e. The van der Waals surface area contributed by atoms with Gasteiger partial charge in [-0.25, -0.2) is 4.98 Å². The van der Waals surface area contributed by atoms with Gasteiger partial charge in [0, 0.05) is 21.0 Å². The second-order valence-corrected chi connectivity index (χ2v) is 6.96. The number of nitrogens with zero attached hydrogens (tertiary/aromatic N) is 1. The van der Waals surface area contributed by atoms with Crippen LogP contribution in [-0.4, -0.2) is 4.98 Å². The van der Waals surface area contributed by atoms with E-state index >= 15 is 0 Å². The number of hydrogen-bond acceptors (Lipinski definition) is 1. The van der Waals surface area contributed by atoms with E-state index in [1.807, 2.05) is 48.5 Å². The monoisotopic (exact) mass is 363 g/mol. The minimum Gasteiger partial charge on any atom is -0.248 e. The Morgan fingerprint density at radius 1 is 0.680 bits per heavy atom. The van der Waals surface area contributed by atoms with Crippen LogP contribution in [-0.2, 0) is 0 Å². The summed E-state index contributed by atoms with van der Waals surface area (Å²) in [6.07, 6.45) is 0. The highest BCUT2D eigenvalue weighted by Gasteiger charge is 2.10. The van der Waals surface area contributed by atoms with Gasteiger partial charge in [0.2, 0.25) is 0 Å². The summed E-state index contributed by atoms with van der Waals surface area (Å²) in [6, 6.07) is 24.2. The van der Waals surface area contributed by atoms with Crippen LogP contribution in [0.2, 0.25) is 10.0 Å². The Balaban J connectivity index is 1.99. The van der Waals surface area contributed by atoms with Crippen LogP contribution in [0.3, 0.4) is 0 Å². The molecule has 0 radical (unpaired) electrons. The molecule has 1 aromatic heterocycles. The van der Waals surface area contributed by atoms with Gasteiger partial charge in [0.1, 0.15) is 0 Å². The Labute approximate surface area is 156 Å².